The van der Waals surface area contributed by atoms with Crippen LogP contribution < -0.4 is 0 Å². The summed E-state index contributed by atoms with van der Waals surface area (Å²) < 4.78 is 0. The first-order valence-electron chi connectivity index (χ1n) is 5.55. The molecule has 0 saturated heterocycles. The lowest BCUT2D eigenvalue weighted by molar-refractivity contribution is 0.356. The molecule has 0 aliphatic carbocycles. The summed E-state index contributed by atoms with van der Waals surface area (Å²) in [5.74, 6) is 0. The molecule has 0 spiro atoms. The lowest BCUT2D eigenvalue weighted by Gasteiger charge is -2.19. The molecule has 0 aliphatic heterocycles. The first kappa shape index (κ1) is 13.0. The van der Waals surface area contributed by atoms with Crippen LogP contribution in [0.2, 0.25) is 0 Å². The molecule has 0 aliphatic rings. The smallest absolute Gasteiger partial charge is 0.0332 e. The molecule has 0 atom stereocenters. The summed E-state index contributed by atoms with van der Waals surface area (Å²) in [4.78, 5) is 0. The van der Waals surface area contributed by atoms with Gasteiger partial charge in [-0.05, 0) is 30.1 Å². The van der Waals surface area contributed by atoms with Gasteiger partial charge in [-0.15, -0.1) is 0 Å². The van der Waals surface area contributed by atoms with Crippen LogP contribution in [0.5, 0.6) is 0 Å². The van der Waals surface area contributed by atoms with E-state index >= 15 is 0 Å². The van der Waals surface area contributed by atoms with Crippen molar-refractivity contribution >= 4 is 0 Å². The van der Waals surface area contributed by atoms with Crippen molar-refractivity contribution in [2.75, 3.05) is 0 Å². The van der Waals surface area contributed by atoms with E-state index in [-0.39, 0.29) is 0 Å². The van der Waals surface area contributed by atoms with Crippen LogP contribution >= 0.6 is 0 Å². The molecule has 0 aromatic rings. The first-order valence-corrected chi connectivity index (χ1v) is 5.55. The van der Waals surface area contributed by atoms with Gasteiger partial charge < -0.3 is 0 Å². The van der Waals surface area contributed by atoms with E-state index in [0.29, 0.717) is 10.8 Å². The van der Waals surface area contributed by atoms with Crippen LogP contribution in [0, 0.1) is 17.3 Å². The van der Waals surface area contributed by atoms with E-state index < -0.39 is 0 Å². The highest BCUT2D eigenvalue weighted by molar-refractivity contribution is 4.80. The zero-order valence-corrected chi connectivity index (χ0v) is 10.4. The second-order valence-electron chi connectivity index (χ2n) is 6.38. The van der Waals surface area contributed by atoms with Crippen LogP contribution in [0.4, 0.5) is 0 Å². The fourth-order valence-corrected chi connectivity index (χ4v) is 1.33. The third-order valence-electron chi connectivity index (χ3n) is 2.14. The molecule has 79 valence electrons. The maximum absolute atomic E-state index is 2.44. The Labute approximate surface area is 85.1 Å². The quantitative estimate of drug-likeness (QED) is 0.547. The van der Waals surface area contributed by atoms with Crippen LogP contribution in [0.25, 0.3) is 0 Å². The Morgan fingerprint density at radius 3 is 1.77 bits per heavy atom. The zero-order chi connectivity index (χ0) is 10.5. The first-order chi connectivity index (χ1) is 5.71. The molecule has 0 amide bonds. The Bertz CT molecular complexity index is 104. The fraction of sp³-hybridized carbons (Fsp3) is 0.923. The number of hydrogen-bond donors (Lipinski definition) is 0. The van der Waals surface area contributed by atoms with E-state index in [1.165, 1.54) is 25.7 Å². The van der Waals surface area contributed by atoms with E-state index in [0.717, 1.165) is 0 Å². The van der Waals surface area contributed by atoms with Crippen LogP contribution in [-0.2, 0) is 0 Å². The average molecular weight is 183 g/mol. The Hall–Kier alpha value is 0. The van der Waals surface area contributed by atoms with Gasteiger partial charge in [0.25, 0.3) is 0 Å². The maximum Gasteiger partial charge on any atom is -0.0332 e. The average Bonchev–Trinajstić information content (AvgIpc) is 1.81. The molecule has 0 heterocycles. The summed E-state index contributed by atoms with van der Waals surface area (Å²) in [5, 5.41) is 0. The summed E-state index contributed by atoms with van der Waals surface area (Å²) in [7, 11) is 0. The van der Waals surface area contributed by atoms with Gasteiger partial charge in [-0.1, -0.05) is 54.4 Å². The minimum atomic E-state index is 0.404. The fourth-order valence-electron chi connectivity index (χ4n) is 1.33. The van der Waals surface area contributed by atoms with Gasteiger partial charge in [0.2, 0.25) is 0 Å². The van der Waals surface area contributed by atoms with E-state index in [1.54, 1.807) is 0 Å². The predicted molar refractivity (Wildman–Crippen MR) is 61.7 cm³/mol. The third kappa shape index (κ3) is 12.0. The van der Waals surface area contributed by atoms with Crippen LogP contribution in [-0.4, -0.2) is 0 Å². The molecule has 1 radical (unpaired) electrons. The van der Waals surface area contributed by atoms with Crippen molar-refractivity contribution in [1.82, 2.24) is 0 Å². The molecule has 0 aromatic heterocycles. The van der Waals surface area contributed by atoms with E-state index in [4.69, 9.17) is 0 Å². The predicted octanol–water partition coefficient (Wildman–Crippen LogP) is 4.84. The highest BCUT2D eigenvalue weighted by Gasteiger charge is 2.11. The standard InChI is InChI=1S/C13H27/c1-12(2,3)10-8-7-9-11-13(4,5)6/h10H,7-9,11H2,1-6H3. The second-order valence-corrected chi connectivity index (χ2v) is 6.38. The summed E-state index contributed by atoms with van der Waals surface area (Å²) in [6.45, 7) is 13.8. The van der Waals surface area contributed by atoms with Crippen molar-refractivity contribution in [2.45, 2.75) is 67.2 Å². The van der Waals surface area contributed by atoms with Gasteiger partial charge in [0, 0.05) is 0 Å². The SMILES string of the molecule is CC(C)(C)[CH]CCCCC(C)(C)C. The third-order valence-corrected chi connectivity index (χ3v) is 2.14. The number of rotatable bonds is 4. The molecule has 0 saturated carbocycles. The Morgan fingerprint density at radius 2 is 1.38 bits per heavy atom. The van der Waals surface area contributed by atoms with Crippen LogP contribution in [0.15, 0.2) is 0 Å². The largest absolute Gasteiger partial charge is 0.0602 e. The molecule has 0 rings (SSSR count). The molecule has 0 fully saturated rings. The van der Waals surface area contributed by atoms with Crippen molar-refractivity contribution in [3.63, 3.8) is 0 Å². The molecule has 0 N–H and O–H groups in total. The summed E-state index contributed by atoms with van der Waals surface area (Å²) in [5.41, 5.74) is 0.920. The maximum atomic E-state index is 2.44. The van der Waals surface area contributed by atoms with Gasteiger partial charge in [0.1, 0.15) is 0 Å². The van der Waals surface area contributed by atoms with Gasteiger partial charge in [-0.3, -0.25) is 0 Å². The van der Waals surface area contributed by atoms with E-state index in [9.17, 15) is 0 Å². The second kappa shape index (κ2) is 5.02. The molecule has 0 bridgehead atoms. The van der Waals surface area contributed by atoms with Crippen LogP contribution in [0.3, 0.4) is 0 Å². The zero-order valence-electron chi connectivity index (χ0n) is 10.4. The molecular weight excluding hydrogens is 156 g/mol. The monoisotopic (exact) mass is 183 g/mol. The molecular formula is C13H27. The van der Waals surface area contributed by atoms with Gasteiger partial charge in [0.05, 0.1) is 0 Å². The van der Waals surface area contributed by atoms with Crippen molar-refractivity contribution in [2.24, 2.45) is 10.8 Å². The Kier molecular flexibility index (Phi) is 5.02. The highest BCUT2D eigenvalue weighted by Crippen LogP contribution is 2.25. The molecule has 0 aromatic carbocycles. The van der Waals surface area contributed by atoms with E-state index in [1.807, 2.05) is 0 Å². The van der Waals surface area contributed by atoms with Crippen molar-refractivity contribution in [1.29, 1.82) is 0 Å². The highest BCUT2D eigenvalue weighted by atomic mass is 14.2. The van der Waals surface area contributed by atoms with Crippen molar-refractivity contribution in [3.8, 4) is 0 Å². The van der Waals surface area contributed by atoms with Gasteiger partial charge in [-0.25, -0.2) is 0 Å². The lowest BCUT2D eigenvalue weighted by atomic mass is 9.86. The van der Waals surface area contributed by atoms with Crippen LogP contribution in [0.1, 0.15) is 67.2 Å². The number of hydrogen-bond acceptors (Lipinski definition) is 0. The molecule has 13 heavy (non-hydrogen) atoms. The number of unbranched alkanes of at least 4 members (excludes halogenated alkanes) is 2. The van der Waals surface area contributed by atoms with Gasteiger partial charge in [-0.2, -0.15) is 0 Å². The normalized spacial score (nSPS) is 13.4. The van der Waals surface area contributed by atoms with Crippen molar-refractivity contribution in [3.05, 3.63) is 6.42 Å². The van der Waals surface area contributed by atoms with Gasteiger partial charge in [0.15, 0.2) is 0 Å². The van der Waals surface area contributed by atoms with Crippen molar-refractivity contribution < 1.29 is 0 Å². The minimum absolute atomic E-state index is 0.404. The molecule has 0 unspecified atom stereocenters. The minimum Gasteiger partial charge on any atom is -0.0602 e. The topological polar surface area (TPSA) is 0 Å². The summed E-state index contributed by atoms with van der Waals surface area (Å²) in [6, 6.07) is 0. The summed E-state index contributed by atoms with van der Waals surface area (Å²) in [6.07, 6.45) is 7.80. The lowest BCUT2D eigenvalue weighted by Crippen LogP contribution is -2.06. The molecule has 0 nitrogen and oxygen atoms in total. The van der Waals surface area contributed by atoms with E-state index in [2.05, 4.69) is 48.0 Å². The Morgan fingerprint density at radius 1 is 0.846 bits per heavy atom. The van der Waals surface area contributed by atoms with Gasteiger partial charge >= 0.3 is 0 Å². The Balaban J connectivity index is 3.28. The molecule has 0 heteroatoms. The summed E-state index contributed by atoms with van der Waals surface area (Å²) >= 11 is 0.